The first-order chi connectivity index (χ1) is 15.6. The van der Waals surface area contributed by atoms with Gasteiger partial charge in [0.2, 0.25) is 5.60 Å². The number of aliphatic hydroxyl groups is 1. The Morgan fingerprint density at radius 1 is 1.06 bits per heavy atom. The molecule has 0 aliphatic rings. The van der Waals surface area contributed by atoms with Crippen LogP contribution >= 0.6 is 11.3 Å². The molecular formula is C26H27BrN2O3S. The maximum atomic E-state index is 13.0. The van der Waals surface area contributed by atoms with Crippen molar-refractivity contribution in [1.82, 2.24) is 4.57 Å². The number of aryl methyl sites for hydroxylation is 1. The molecule has 4 rings (SSSR count). The second kappa shape index (κ2) is 11.4. The average molecular weight is 527 g/mol. The molecule has 0 amide bonds. The Morgan fingerprint density at radius 3 is 2.42 bits per heavy atom. The summed E-state index contributed by atoms with van der Waals surface area (Å²) in [6.45, 7) is 3.86. The Morgan fingerprint density at radius 2 is 1.76 bits per heavy atom. The summed E-state index contributed by atoms with van der Waals surface area (Å²) >= 11 is 1.34. The average Bonchev–Trinajstić information content (AvgIpc) is 3.49. The van der Waals surface area contributed by atoms with E-state index in [1.165, 1.54) is 16.9 Å². The van der Waals surface area contributed by atoms with Gasteiger partial charge in [-0.2, -0.15) is 0 Å². The van der Waals surface area contributed by atoms with Crippen molar-refractivity contribution in [2.75, 3.05) is 6.61 Å². The Kier molecular flexibility index (Phi) is 8.61. The van der Waals surface area contributed by atoms with Crippen molar-refractivity contribution in [3.63, 3.8) is 0 Å². The molecule has 1 atom stereocenters. The highest BCUT2D eigenvalue weighted by Gasteiger charge is 2.42. The molecule has 2 aromatic heterocycles. The van der Waals surface area contributed by atoms with Gasteiger partial charge in [0, 0.05) is 18.9 Å². The molecule has 0 saturated carbocycles. The van der Waals surface area contributed by atoms with Crippen molar-refractivity contribution in [3.05, 3.63) is 112 Å². The van der Waals surface area contributed by atoms with E-state index in [1.807, 2.05) is 41.9 Å². The van der Waals surface area contributed by atoms with Crippen LogP contribution in [0.1, 0.15) is 28.2 Å². The minimum absolute atomic E-state index is 0. The molecule has 0 aliphatic heterocycles. The quantitative estimate of drug-likeness (QED) is 0.201. The lowest BCUT2D eigenvalue weighted by Gasteiger charge is -2.25. The molecular weight excluding hydrogens is 500 g/mol. The monoisotopic (exact) mass is 526 g/mol. The summed E-state index contributed by atoms with van der Waals surface area (Å²) in [5, 5.41) is 13.2. The van der Waals surface area contributed by atoms with Crippen LogP contribution in [0, 0.1) is 6.92 Å². The number of hydrogen-bond donors (Lipinski definition) is 1. The Hall–Kier alpha value is -2.74. The highest BCUT2D eigenvalue weighted by Crippen LogP contribution is 2.34. The van der Waals surface area contributed by atoms with E-state index in [4.69, 9.17) is 4.74 Å². The smallest absolute Gasteiger partial charge is 0.348 e. The number of thiophene rings is 1. The van der Waals surface area contributed by atoms with E-state index >= 15 is 0 Å². The fraction of sp³-hybridized carbons (Fsp3) is 0.231. The van der Waals surface area contributed by atoms with Gasteiger partial charge >= 0.3 is 5.97 Å². The van der Waals surface area contributed by atoms with Gasteiger partial charge in [0.05, 0.1) is 18.0 Å². The molecule has 0 radical (unpaired) electrons. The molecule has 0 spiro atoms. The minimum atomic E-state index is -1.79. The van der Waals surface area contributed by atoms with E-state index in [0.29, 0.717) is 16.9 Å². The van der Waals surface area contributed by atoms with Crippen LogP contribution in [0.5, 0.6) is 0 Å². The van der Waals surface area contributed by atoms with Gasteiger partial charge in [0.1, 0.15) is 18.9 Å². The summed E-state index contributed by atoms with van der Waals surface area (Å²) in [6.07, 6.45) is 4.77. The molecule has 1 unspecified atom stereocenters. The van der Waals surface area contributed by atoms with Crippen molar-refractivity contribution in [1.29, 1.82) is 0 Å². The summed E-state index contributed by atoms with van der Waals surface area (Å²) in [5.41, 5.74) is -0.0333. The molecule has 1 N–H and O–H groups in total. The van der Waals surface area contributed by atoms with Crippen molar-refractivity contribution in [3.8, 4) is 0 Å². The minimum Gasteiger partial charge on any atom is -1.00 e. The molecule has 2 heterocycles. The lowest BCUT2D eigenvalue weighted by atomic mass is 9.92. The summed E-state index contributed by atoms with van der Waals surface area (Å²) < 4.78 is 9.90. The maximum Gasteiger partial charge on any atom is 0.348 e. The molecule has 0 bridgehead atoms. The molecule has 0 aliphatic carbocycles. The summed E-state index contributed by atoms with van der Waals surface area (Å²) in [6, 6.07) is 22.9. The highest BCUT2D eigenvalue weighted by molar-refractivity contribution is 7.10. The zero-order valence-electron chi connectivity index (χ0n) is 18.4. The van der Waals surface area contributed by atoms with E-state index in [-0.39, 0.29) is 23.6 Å². The molecule has 2 aromatic carbocycles. The lowest BCUT2D eigenvalue weighted by Crippen LogP contribution is -3.00. The first-order valence-electron chi connectivity index (χ1n) is 10.7. The number of carbonyl (C=O) groups excluding carboxylic acids is 1. The number of benzene rings is 2. The predicted molar refractivity (Wildman–Crippen MR) is 124 cm³/mol. The number of rotatable bonds is 9. The van der Waals surface area contributed by atoms with E-state index in [9.17, 15) is 9.90 Å². The summed E-state index contributed by atoms with van der Waals surface area (Å²) in [5.74, 6) is 0.495. The van der Waals surface area contributed by atoms with E-state index in [1.54, 1.807) is 30.3 Å². The van der Waals surface area contributed by atoms with Gasteiger partial charge in [-0.1, -0.05) is 66.7 Å². The third kappa shape index (κ3) is 5.61. The van der Waals surface area contributed by atoms with Crippen LogP contribution < -0.4 is 21.5 Å². The van der Waals surface area contributed by atoms with Crippen molar-refractivity contribution < 1.29 is 36.2 Å². The molecule has 5 nitrogen and oxygen atoms in total. The van der Waals surface area contributed by atoms with Gasteiger partial charge in [-0.05, 0) is 17.0 Å². The van der Waals surface area contributed by atoms with Crippen molar-refractivity contribution >= 4 is 17.3 Å². The topological polar surface area (TPSA) is 55.3 Å². The van der Waals surface area contributed by atoms with Crippen molar-refractivity contribution in [2.24, 2.45) is 0 Å². The Bertz CT molecular complexity index is 1150. The number of halogens is 1. The number of nitrogens with zero attached hydrogens (tertiary/aromatic N) is 2. The number of hydrogen-bond acceptors (Lipinski definition) is 4. The summed E-state index contributed by atoms with van der Waals surface area (Å²) in [7, 11) is 0. The van der Waals surface area contributed by atoms with Gasteiger partial charge in [0.15, 0.2) is 0 Å². The molecule has 172 valence electrons. The van der Waals surface area contributed by atoms with Crippen LogP contribution in [0.25, 0.3) is 0 Å². The van der Waals surface area contributed by atoms with Crippen LogP contribution in [-0.2, 0) is 28.2 Å². The number of ether oxygens (including phenoxy) is 1. The van der Waals surface area contributed by atoms with Crippen LogP contribution in [0.2, 0.25) is 0 Å². The van der Waals surface area contributed by atoms with Crippen LogP contribution in [0.15, 0.2) is 90.6 Å². The fourth-order valence-corrected chi connectivity index (χ4v) is 4.59. The highest BCUT2D eigenvalue weighted by atomic mass is 79.9. The Balaban J connectivity index is 0.00000306. The second-order valence-corrected chi connectivity index (χ2v) is 8.64. The molecule has 7 heteroatoms. The fourth-order valence-electron chi connectivity index (χ4n) is 3.75. The van der Waals surface area contributed by atoms with E-state index in [2.05, 4.69) is 34.4 Å². The number of esters is 1. The van der Waals surface area contributed by atoms with Gasteiger partial charge in [-0.25, -0.2) is 13.9 Å². The van der Waals surface area contributed by atoms with E-state index in [0.717, 1.165) is 18.9 Å². The van der Waals surface area contributed by atoms with Crippen LogP contribution in [-0.4, -0.2) is 22.2 Å². The standard InChI is InChI=1S/C26H27N2O3S.BrH/c1-21-27(16-17-28(21)20-22-10-4-2-5-11-22)15-9-18-31-25(29)26(30,24-14-8-19-32-24)23-12-6-3-7-13-23;/h2-8,10-14,16-17,19,30H,9,15,18,20H2,1H3;1H/q+1;/p-1. The SMILES string of the molecule is Cc1n(CCCOC(=O)C(O)(c2ccccc2)c2cccs2)cc[n+]1Cc1ccccc1.[Br-]. The lowest BCUT2D eigenvalue weighted by molar-refractivity contribution is -0.694. The number of imidazole rings is 1. The largest absolute Gasteiger partial charge is 1.00 e. The van der Waals surface area contributed by atoms with Gasteiger partial charge in [-0.3, -0.25) is 0 Å². The van der Waals surface area contributed by atoms with Crippen LogP contribution in [0.4, 0.5) is 0 Å². The second-order valence-electron chi connectivity index (χ2n) is 7.70. The van der Waals surface area contributed by atoms with Gasteiger partial charge in [-0.15, -0.1) is 11.3 Å². The molecule has 33 heavy (non-hydrogen) atoms. The first-order valence-corrected chi connectivity index (χ1v) is 11.5. The van der Waals surface area contributed by atoms with Crippen molar-refractivity contribution in [2.45, 2.75) is 32.0 Å². The summed E-state index contributed by atoms with van der Waals surface area (Å²) in [4.78, 5) is 13.5. The number of carbonyl (C=O) groups is 1. The molecule has 0 saturated heterocycles. The Labute approximate surface area is 208 Å². The normalized spacial score (nSPS) is 12.5. The number of aromatic nitrogens is 2. The van der Waals surface area contributed by atoms with Gasteiger partial charge < -0.3 is 26.8 Å². The third-order valence-corrected chi connectivity index (χ3v) is 6.57. The van der Waals surface area contributed by atoms with Crippen LogP contribution in [0.3, 0.4) is 0 Å². The first kappa shape index (κ1) is 24.9. The third-order valence-electron chi connectivity index (χ3n) is 5.59. The van der Waals surface area contributed by atoms with Gasteiger partial charge in [0.25, 0.3) is 5.82 Å². The molecule has 0 fully saturated rings. The zero-order valence-corrected chi connectivity index (χ0v) is 20.8. The predicted octanol–water partition coefficient (Wildman–Crippen LogP) is 1.07. The molecule has 4 aromatic rings. The zero-order chi connectivity index (χ0) is 22.4. The van der Waals surface area contributed by atoms with E-state index < -0.39 is 11.6 Å². The maximum absolute atomic E-state index is 13.0.